The minimum atomic E-state index is -0.344. The van der Waals surface area contributed by atoms with Gasteiger partial charge in [0.15, 0.2) is 0 Å². The minimum absolute atomic E-state index is 0.0391. The molecule has 1 saturated heterocycles. The molecule has 0 bridgehead atoms. The number of nitrogens with zero attached hydrogens (tertiary/aromatic N) is 3. The first-order chi connectivity index (χ1) is 14.1. The molecule has 2 aromatic heterocycles. The summed E-state index contributed by atoms with van der Waals surface area (Å²) in [7, 11) is 1.60. The van der Waals surface area contributed by atoms with Crippen LogP contribution in [0, 0.1) is 5.92 Å². The molecule has 1 aromatic carbocycles. The average Bonchev–Trinajstić information content (AvgIpc) is 3.48. The van der Waals surface area contributed by atoms with Crippen LogP contribution in [-0.2, 0) is 16.1 Å². The van der Waals surface area contributed by atoms with E-state index in [1.165, 1.54) is 0 Å². The third-order valence-corrected chi connectivity index (χ3v) is 5.66. The number of rotatable bonds is 7. The largest absolute Gasteiger partial charge is 0.497 e. The SMILES string of the molecule is COc1ccc(N2CC(C(=O)NCCn3ccc(-c4ccsc4)n3)CC2=O)cc1. The van der Waals surface area contributed by atoms with Gasteiger partial charge in [0.1, 0.15) is 5.75 Å². The third-order valence-electron chi connectivity index (χ3n) is 4.98. The van der Waals surface area contributed by atoms with Crippen LogP contribution >= 0.6 is 11.3 Å². The lowest BCUT2D eigenvalue weighted by Gasteiger charge is -2.17. The second kappa shape index (κ2) is 8.48. The monoisotopic (exact) mass is 410 g/mol. The molecule has 8 heteroatoms. The number of amides is 2. The Hall–Kier alpha value is -3.13. The zero-order valence-corrected chi connectivity index (χ0v) is 16.9. The van der Waals surface area contributed by atoms with Gasteiger partial charge in [-0.15, -0.1) is 0 Å². The summed E-state index contributed by atoms with van der Waals surface area (Å²) in [4.78, 5) is 26.5. The number of methoxy groups -OCH3 is 1. The van der Waals surface area contributed by atoms with Gasteiger partial charge in [-0.05, 0) is 41.8 Å². The van der Waals surface area contributed by atoms with Crippen LogP contribution in [0.4, 0.5) is 5.69 Å². The second-order valence-electron chi connectivity index (χ2n) is 6.87. The van der Waals surface area contributed by atoms with Crippen molar-refractivity contribution in [2.24, 2.45) is 5.92 Å². The number of carbonyl (C=O) groups excluding carboxylic acids is 2. The number of nitrogens with one attached hydrogen (secondary N) is 1. The summed E-state index contributed by atoms with van der Waals surface area (Å²) in [6.07, 6.45) is 2.13. The van der Waals surface area contributed by atoms with Crippen molar-refractivity contribution in [2.75, 3.05) is 25.1 Å². The molecule has 1 aliphatic heterocycles. The van der Waals surface area contributed by atoms with Crippen molar-refractivity contribution in [1.29, 1.82) is 0 Å². The Labute approximate surface area is 172 Å². The molecule has 1 aliphatic rings. The van der Waals surface area contributed by atoms with E-state index in [1.54, 1.807) is 23.3 Å². The predicted octanol–water partition coefficient (Wildman–Crippen LogP) is 2.79. The molecule has 1 N–H and O–H groups in total. The van der Waals surface area contributed by atoms with Crippen LogP contribution in [0.3, 0.4) is 0 Å². The van der Waals surface area contributed by atoms with Crippen LogP contribution < -0.4 is 15.0 Å². The molecule has 2 amide bonds. The van der Waals surface area contributed by atoms with Crippen molar-refractivity contribution in [3.63, 3.8) is 0 Å². The van der Waals surface area contributed by atoms with Gasteiger partial charge < -0.3 is 15.0 Å². The number of carbonyl (C=O) groups is 2. The number of ether oxygens (including phenoxy) is 1. The second-order valence-corrected chi connectivity index (χ2v) is 7.65. The highest BCUT2D eigenvalue weighted by molar-refractivity contribution is 7.08. The maximum atomic E-state index is 12.5. The zero-order chi connectivity index (χ0) is 20.2. The third kappa shape index (κ3) is 4.32. The lowest BCUT2D eigenvalue weighted by atomic mass is 10.1. The first-order valence-corrected chi connectivity index (χ1v) is 10.4. The molecular weight excluding hydrogens is 388 g/mol. The zero-order valence-electron chi connectivity index (χ0n) is 16.1. The first-order valence-electron chi connectivity index (χ1n) is 9.42. The summed E-state index contributed by atoms with van der Waals surface area (Å²) in [5.41, 5.74) is 2.80. The Balaban J connectivity index is 1.28. The molecule has 4 rings (SSSR count). The number of benzene rings is 1. The van der Waals surface area contributed by atoms with E-state index in [4.69, 9.17) is 4.74 Å². The molecule has 3 aromatic rings. The summed E-state index contributed by atoms with van der Waals surface area (Å²) in [5.74, 6) is 0.251. The summed E-state index contributed by atoms with van der Waals surface area (Å²) in [5, 5.41) is 11.5. The normalized spacial score (nSPS) is 16.2. The van der Waals surface area contributed by atoms with Crippen molar-refractivity contribution in [2.45, 2.75) is 13.0 Å². The number of hydrogen-bond acceptors (Lipinski definition) is 5. The smallest absolute Gasteiger partial charge is 0.227 e. The lowest BCUT2D eigenvalue weighted by Crippen LogP contribution is -2.34. The van der Waals surface area contributed by atoms with E-state index in [2.05, 4.69) is 15.8 Å². The number of thiophene rings is 1. The topological polar surface area (TPSA) is 76.5 Å². The summed E-state index contributed by atoms with van der Waals surface area (Å²) >= 11 is 1.64. The molecule has 1 atom stereocenters. The Morgan fingerprint density at radius 1 is 1.28 bits per heavy atom. The summed E-state index contributed by atoms with van der Waals surface area (Å²) in [6.45, 7) is 1.44. The van der Waals surface area contributed by atoms with E-state index < -0.39 is 0 Å². The molecule has 0 radical (unpaired) electrons. The highest BCUT2D eigenvalue weighted by Gasteiger charge is 2.34. The molecule has 0 saturated carbocycles. The minimum Gasteiger partial charge on any atom is -0.497 e. The van der Waals surface area contributed by atoms with Crippen LogP contribution in [0.25, 0.3) is 11.3 Å². The number of aromatic nitrogens is 2. The van der Waals surface area contributed by atoms with Crippen LogP contribution in [0.1, 0.15) is 6.42 Å². The van der Waals surface area contributed by atoms with Gasteiger partial charge in [-0.1, -0.05) is 0 Å². The molecule has 0 spiro atoms. The fourth-order valence-electron chi connectivity index (χ4n) is 3.38. The lowest BCUT2D eigenvalue weighted by molar-refractivity contribution is -0.126. The fourth-order valence-corrected chi connectivity index (χ4v) is 4.03. The highest BCUT2D eigenvalue weighted by Crippen LogP contribution is 2.27. The maximum absolute atomic E-state index is 12.5. The van der Waals surface area contributed by atoms with Gasteiger partial charge in [0.25, 0.3) is 0 Å². The van der Waals surface area contributed by atoms with Gasteiger partial charge in [-0.2, -0.15) is 16.4 Å². The quantitative estimate of drug-likeness (QED) is 0.650. The summed E-state index contributed by atoms with van der Waals surface area (Å²) < 4.78 is 6.96. The van der Waals surface area contributed by atoms with Crippen molar-refractivity contribution in [3.05, 3.63) is 53.4 Å². The molecule has 7 nitrogen and oxygen atoms in total. The summed E-state index contributed by atoms with van der Waals surface area (Å²) in [6, 6.07) is 11.3. The van der Waals surface area contributed by atoms with Gasteiger partial charge in [0, 0.05) is 42.3 Å². The van der Waals surface area contributed by atoms with Gasteiger partial charge in [-0.3, -0.25) is 14.3 Å². The highest BCUT2D eigenvalue weighted by atomic mass is 32.1. The van der Waals surface area contributed by atoms with Crippen molar-refractivity contribution in [1.82, 2.24) is 15.1 Å². The predicted molar refractivity (Wildman–Crippen MR) is 112 cm³/mol. The molecule has 1 fully saturated rings. The van der Waals surface area contributed by atoms with E-state index in [0.717, 1.165) is 22.7 Å². The van der Waals surface area contributed by atoms with E-state index in [-0.39, 0.29) is 24.2 Å². The van der Waals surface area contributed by atoms with Crippen LogP contribution in [0.2, 0.25) is 0 Å². The molecular formula is C21H22N4O3S. The number of hydrogen-bond donors (Lipinski definition) is 1. The van der Waals surface area contributed by atoms with Crippen LogP contribution in [0.15, 0.2) is 53.4 Å². The van der Waals surface area contributed by atoms with E-state index >= 15 is 0 Å². The molecule has 3 heterocycles. The standard InChI is InChI=1S/C21H22N4O3S/c1-28-18-4-2-17(3-5-18)25-13-16(12-20(25)26)21(27)22-8-10-24-9-6-19(23-24)15-7-11-29-14-15/h2-7,9,11,14,16H,8,10,12-13H2,1H3,(H,22,27). The Bertz CT molecular complexity index is 982. The van der Waals surface area contributed by atoms with Gasteiger partial charge in [0.05, 0.1) is 25.3 Å². The van der Waals surface area contributed by atoms with Crippen molar-refractivity contribution in [3.8, 4) is 17.0 Å². The average molecular weight is 410 g/mol. The van der Waals surface area contributed by atoms with Crippen LogP contribution in [-0.4, -0.2) is 41.8 Å². The van der Waals surface area contributed by atoms with Crippen molar-refractivity contribution < 1.29 is 14.3 Å². The molecule has 1 unspecified atom stereocenters. The number of anilines is 1. The van der Waals surface area contributed by atoms with Gasteiger partial charge >= 0.3 is 0 Å². The van der Waals surface area contributed by atoms with Gasteiger partial charge in [0.2, 0.25) is 11.8 Å². The van der Waals surface area contributed by atoms with Crippen molar-refractivity contribution >= 4 is 28.8 Å². The first kappa shape index (κ1) is 19.2. The fraction of sp³-hybridized carbons (Fsp3) is 0.286. The van der Waals surface area contributed by atoms with Crippen LogP contribution in [0.5, 0.6) is 5.75 Å². The Morgan fingerprint density at radius 2 is 2.10 bits per heavy atom. The maximum Gasteiger partial charge on any atom is 0.227 e. The van der Waals surface area contributed by atoms with Gasteiger partial charge in [-0.25, -0.2) is 0 Å². The van der Waals surface area contributed by atoms with E-state index in [9.17, 15) is 9.59 Å². The molecule has 150 valence electrons. The van der Waals surface area contributed by atoms with E-state index in [0.29, 0.717) is 19.6 Å². The molecule has 29 heavy (non-hydrogen) atoms. The molecule has 0 aliphatic carbocycles. The van der Waals surface area contributed by atoms with E-state index in [1.807, 2.05) is 52.7 Å². The Kier molecular flexibility index (Phi) is 5.62. The Morgan fingerprint density at radius 3 is 2.83 bits per heavy atom.